The van der Waals surface area contributed by atoms with Crippen molar-refractivity contribution in [3.8, 4) is 0 Å². The van der Waals surface area contributed by atoms with Crippen molar-refractivity contribution in [2.75, 3.05) is 13.1 Å². The Morgan fingerprint density at radius 1 is 1.32 bits per heavy atom. The largest absolute Gasteiger partial charge is 0.481 e. The van der Waals surface area contributed by atoms with Crippen molar-refractivity contribution in [1.82, 2.24) is 4.90 Å². The van der Waals surface area contributed by atoms with Crippen LogP contribution in [0.4, 0.5) is 0 Å². The van der Waals surface area contributed by atoms with Gasteiger partial charge in [0.15, 0.2) is 0 Å². The molecule has 1 fully saturated rings. The van der Waals surface area contributed by atoms with Crippen LogP contribution in [0.5, 0.6) is 0 Å². The summed E-state index contributed by atoms with van der Waals surface area (Å²) in [6.07, 6.45) is 0.960. The summed E-state index contributed by atoms with van der Waals surface area (Å²) in [5.41, 5.74) is 1.24. The van der Waals surface area contributed by atoms with Crippen molar-refractivity contribution in [3.05, 3.63) is 29.8 Å². The average Bonchev–Trinajstić information content (AvgIpc) is 2.75. The van der Waals surface area contributed by atoms with Crippen molar-refractivity contribution in [2.45, 2.75) is 23.0 Å². The van der Waals surface area contributed by atoms with Gasteiger partial charge in [0, 0.05) is 23.9 Å². The molecule has 0 saturated carbocycles. The van der Waals surface area contributed by atoms with E-state index in [4.69, 9.17) is 5.11 Å². The zero-order valence-electron chi connectivity index (χ0n) is 10.4. The number of amides is 1. The second-order valence-electron chi connectivity index (χ2n) is 5.13. The average molecular weight is 277 g/mol. The minimum Gasteiger partial charge on any atom is -0.481 e. The van der Waals surface area contributed by atoms with Gasteiger partial charge in [0.1, 0.15) is 0 Å². The highest BCUT2D eigenvalue weighted by molar-refractivity contribution is 8.01. The van der Waals surface area contributed by atoms with Crippen LogP contribution in [0.15, 0.2) is 29.2 Å². The molecule has 2 aliphatic heterocycles. The van der Waals surface area contributed by atoms with Gasteiger partial charge in [-0.05, 0) is 18.1 Å². The lowest BCUT2D eigenvalue weighted by Crippen LogP contribution is -2.53. The van der Waals surface area contributed by atoms with Crippen LogP contribution in [0.1, 0.15) is 12.0 Å². The number of hydrogen-bond donors (Lipinski definition) is 1. The van der Waals surface area contributed by atoms with E-state index in [-0.39, 0.29) is 23.5 Å². The van der Waals surface area contributed by atoms with Crippen LogP contribution in [0, 0.1) is 5.92 Å². The van der Waals surface area contributed by atoms with E-state index in [0.29, 0.717) is 13.1 Å². The molecule has 0 bridgehead atoms. The van der Waals surface area contributed by atoms with Crippen molar-refractivity contribution >= 4 is 23.6 Å². The lowest BCUT2D eigenvalue weighted by molar-refractivity contribution is -0.144. The fraction of sp³-hybridized carbons (Fsp3) is 0.429. The topological polar surface area (TPSA) is 57.6 Å². The van der Waals surface area contributed by atoms with Gasteiger partial charge in [-0.15, -0.1) is 11.8 Å². The maximum absolute atomic E-state index is 12.3. The molecule has 0 aliphatic carbocycles. The summed E-state index contributed by atoms with van der Waals surface area (Å²) >= 11 is 1.63. The number of carbonyl (C=O) groups is 2. The van der Waals surface area contributed by atoms with Gasteiger partial charge >= 0.3 is 5.97 Å². The second-order valence-corrected chi connectivity index (χ2v) is 6.37. The number of aliphatic carboxylic acids is 1. The molecule has 1 saturated heterocycles. The zero-order valence-corrected chi connectivity index (χ0v) is 11.2. The Labute approximate surface area is 115 Å². The molecule has 1 aromatic rings. The molecular formula is C14H15NO3S. The number of nitrogens with zero attached hydrogens (tertiary/aromatic N) is 1. The molecule has 3 rings (SSSR count). The Morgan fingerprint density at radius 2 is 2.05 bits per heavy atom. The molecule has 1 amide bonds. The third-order valence-corrected chi connectivity index (χ3v) is 4.96. The van der Waals surface area contributed by atoms with Gasteiger partial charge in [0.25, 0.3) is 0 Å². The highest BCUT2D eigenvalue weighted by atomic mass is 32.2. The molecule has 1 aromatic carbocycles. The first-order valence-corrected chi connectivity index (χ1v) is 7.26. The third kappa shape index (κ3) is 2.47. The Kier molecular flexibility index (Phi) is 3.22. The smallest absolute Gasteiger partial charge is 0.303 e. The fourth-order valence-electron chi connectivity index (χ4n) is 2.65. The van der Waals surface area contributed by atoms with Crippen LogP contribution < -0.4 is 0 Å². The van der Waals surface area contributed by atoms with Gasteiger partial charge in [0.05, 0.1) is 11.7 Å². The summed E-state index contributed by atoms with van der Waals surface area (Å²) < 4.78 is 0. The number of carbonyl (C=O) groups excluding carboxylic acids is 1. The fourth-order valence-corrected chi connectivity index (χ4v) is 3.93. The van der Waals surface area contributed by atoms with Crippen molar-refractivity contribution in [2.24, 2.45) is 5.92 Å². The number of carboxylic acids is 1. The molecule has 2 aliphatic rings. The Hall–Kier alpha value is -1.49. The van der Waals surface area contributed by atoms with E-state index in [9.17, 15) is 9.59 Å². The second kappa shape index (κ2) is 4.89. The van der Waals surface area contributed by atoms with E-state index >= 15 is 0 Å². The van der Waals surface area contributed by atoms with Gasteiger partial charge in [0.2, 0.25) is 5.91 Å². The van der Waals surface area contributed by atoms with E-state index < -0.39 is 5.97 Å². The lowest BCUT2D eigenvalue weighted by Gasteiger charge is -2.39. The van der Waals surface area contributed by atoms with E-state index in [1.807, 2.05) is 12.1 Å². The maximum atomic E-state index is 12.3. The minimum atomic E-state index is -0.778. The molecule has 0 radical (unpaired) electrons. The quantitative estimate of drug-likeness (QED) is 0.912. The third-order valence-electron chi connectivity index (χ3n) is 3.65. The molecule has 0 aromatic heterocycles. The SMILES string of the molecule is O=C(O)CC1CN(C(=O)C2Cc3ccccc3S2)C1. The van der Waals surface area contributed by atoms with Gasteiger partial charge in [-0.1, -0.05) is 18.2 Å². The molecule has 2 heterocycles. The molecule has 1 atom stereocenters. The summed E-state index contributed by atoms with van der Waals surface area (Å²) in [6, 6.07) is 8.11. The van der Waals surface area contributed by atoms with Crippen molar-refractivity contribution < 1.29 is 14.7 Å². The zero-order chi connectivity index (χ0) is 13.4. The van der Waals surface area contributed by atoms with Gasteiger partial charge < -0.3 is 10.0 Å². The summed E-state index contributed by atoms with van der Waals surface area (Å²) in [4.78, 5) is 25.8. The van der Waals surface area contributed by atoms with E-state index in [1.165, 1.54) is 10.5 Å². The molecule has 19 heavy (non-hydrogen) atoms. The maximum Gasteiger partial charge on any atom is 0.303 e. The van der Waals surface area contributed by atoms with Crippen LogP contribution in [-0.4, -0.2) is 40.2 Å². The highest BCUT2D eigenvalue weighted by Gasteiger charge is 2.37. The number of rotatable bonds is 3. The summed E-state index contributed by atoms with van der Waals surface area (Å²) in [7, 11) is 0. The molecule has 5 heteroatoms. The highest BCUT2D eigenvalue weighted by Crippen LogP contribution is 2.38. The number of thioether (sulfide) groups is 1. The van der Waals surface area contributed by atoms with Crippen molar-refractivity contribution in [1.29, 1.82) is 0 Å². The number of likely N-dealkylation sites (tertiary alicyclic amines) is 1. The standard InChI is InChI=1S/C14H15NO3S/c16-13(17)5-9-7-15(8-9)14(18)12-6-10-3-1-2-4-11(10)19-12/h1-4,9,12H,5-8H2,(H,16,17). The first-order valence-electron chi connectivity index (χ1n) is 6.38. The van der Waals surface area contributed by atoms with Crippen LogP contribution >= 0.6 is 11.8 Å². The van der Waals surface area contributed by atoms with Gasteiger partial charge in [-0.2, -0.15) is 0 Å². The molecule has 1 N–H and O–H groups in total. The van der Waals surface area contributed by atoms with Crippen LogP contribution in [0.3, 0.4) is 0 Å². The van der Waals surface area contributed by atoms with E-state index in [2.05, 4.69) is 12.1 Å². The van der Waals surface area contributed by atoms with Crippen molar-refractivity contribution in [3.63, 3.8) is 0 Å². The summed E-state index contributed by atoms with van der Waals surface area (Å²) in [5.74, 6) is -0.488. The first-order chi connectivity index (χ1) is 9.13. The van der Waals surface area contributed by atoms with Crippen LogP contribution in [0.25, 0.3) is 0 Å². The first kappa shape index (κ1) is 12.5. The number of hydrogen-bond acceptors (Lipinski definition) is 3. The molecule has 100 valence electrons. The number of benzene rings is 1. The predicted molar refractivity (Wildman–Crippen MR) is 72.1 cm³/mol. The van der Waals surface area contributed by atoms with Crippen LogP contribution in [-0.2, 0) is 16.0 Å². The molecule has 4 nitrogen and oxygen atoms in total. The molecule has 1 unspecified atom stereocenters. The molecular weight excluding hydrogens is 262 g/mol. The Morgan fingerprint density at radius 3 is 2.74 bits per heavy atom. The van der Waals surface area contributed by atoms with Gasteiger partial charge in [-0.3, -0.25) is 9.59 Å². The summed E-state index contributed by atoms with van der Waals surface area (Å²) in [6.45, 7) is 1.19. The predicted octanol–water partition coefficient (Wildman–Crippen LogP) is 1.64. The summed E-state index contributed by atoms with van der Waals surface area (Å²) in [5, 5.41) is 8.67. The normalized spacial score (nSPS) is 21.9. The van der Waals surface area contributed by atoms with Gasteiger partial charge in [-0.25, -0.2) is 0 Å². The monoisotopic (exact) mass is 277 g/mol. The number of carboxylic acid groups (broad SMARTS) is 1. The lowest BCUT2D eigenvalue weighted by atomic mass is 9.95. The molecule has 0 spiro atoms. The Bertz CT molecular complexity index is 500. The van der Waals surface area contributed by atoms with Crippen LogP contribution in [0.2, 0.25) is 0 Å². The van der Waals surface area contributed by atoms with E-state index in [1.54, 1.807) is 16.7 Å². The minimum absolute atomic E-state index is 0.0248. The van der Waals surface area contributed by atoms with E-state index in [0.717, 1.165) is 6.42 Å². The number of fused-ring (bicyclic) bond motifs is 1. The Balaban J connectivity index is 1.55.